The Balaban J connectivity index is 2.30. The van der Waals surface area contributed by atoms with Crippen LogP contribution in [0.4, 0.5) is 0 Å². The van der Waals surface area contributed by atoms with Gasteiger partial charge in [-0.25, -0.2) is 0 Å². The standard InChI is InChI=1S/C11H19N/c1-4-7-12-11-6-5-9(2)8-10(11)3/h1,9-12H,5-8H2,2-3H3. The Kier molecular flexibility index (Phi) is 3.62. The summed E-state index contributed by atoms with van der Waals surface area (Å²) in [7, 11) is 0. The third kappa shape index (κ3) is 2.53. The predicted octanol–water partition coefficient (Wildman–Crippen LogP) is 2.03. The number of nitrogens with one attached hydrogen (secondary N) is 1. The number of hydrogen-bond acceptors (Lipinski definition) is 1. The fourth-order valence-corrected chi connectivity index (χ4v) is 2.16. The first-order valence-electron chi connectivity index (χ1n) is 4.91. The smallest absolute Gasteiger partial charge is 0.0576 e. The van der Waals surface area contributed by atoms with E-state index in [4.69, 9.17) is 6.42 Å². The Morgan fingerprint density at radius 2 is 2.17 bits per heavy atom. The van der Waals surface area contributed by atoms with Gasteiger partial charge < -0.3 is 5.32 Å². The summed E-state index contributed by atoms with van der Waals surface area (Å²) in [6, 6.07) is 0.664. The van der Waals surface area contributed by atoms with Crippen molar-refractivity contribution in [2.75, 3.05) is 6.54 Å². The highest BCUT2D eigenvalue weighted by atomic mass is 14.9. The lowest BCUT2D eigenvalue weighted by Gasteiger charge is -2.32. The molecule has 1 aliphatic rings. The quantitative estimate of drug-likeness (QED) is 0.617. The monoisotopic (exact) mass is 165 g/mol. The lowest BCUT2D eigenvalue weighted by atomic mass is 9.80. The minimum atomic E-state index is 0.664. The van der Waals surface area contributed by atoms with E-state index in [0.29, 0.717) is 6.04 Å². The largest absolute Gasteiger partial charge is 0.303 e. The highest BCUT2D eigenvalue weighted by molar-refractivity contribution is 4.90. The first kappa shape index (κ1) is 9.61. The summed E-state index contributed by atoms with van der Waals surface area (Å²) in [5.74, 6) is 4.34. The minimum absolute atomic E-state index is 0.664. The van der Waals surface area contributed by atoms with Gasteiger partial charge in [-0.2, -0.15) is 0 Å². The van der Waals surface area contributed by atoms with E-state index in [0.717, 1.165) is 18.4 Å². The molecule has 0 aliphatic heterocycles. The van der Waals surface area contributed by atoms with E-state index in [1.165, 1.54) is 19.3 Å². The molecule has 0 radical (unpaired) electrons. The van der Waals surface area contributed by atoms with Gasteiger partial charge in [0, 0.05) is 6.04 Å². The van der Waals surface area contributed by atoms with Crippen molar-refractivity contribution >= 4 is 0 Å². The molecule has 1 saturated carbocycles. The van der Waals surface area contributed by atoms with Crippen LogP contribution in [0.5, 0.6) is 0 Å². The lowest BCUT2D eigenvalue weighted by Crippen LogP contribution is -2.39. The molecule has 0 bridgehead atoms. The van der Waals surface area contributed by atoms with Crippen molar-refractivity contribution in [2.45, 2.75) is 39.2 Å². The molecule has 0 amide bonds. The van der Waals surface area contributed by atoms with E-state index in [2.05, 4.69) is 25.1 Å². The van der Waals surface area contributed by atoms with Crippen LogP contribution in [0.15, 0.2) is 0 Å². The van der Waals surface area contributed by atoms with Gasteiger partial charge in [-0.3, -0.25) is 0 Å². The normalized spacial score (nSPS) is 35.9. The van der Waals surface area contributed by atoms with E-state index in [1.54, 1.807) is 0 Å². The van der Waals surface area contributed by atoms with E-state index in [-0.39, 0.29) is 0 Å². The predicted molar refractivity (Wildman–Crippen MR) is 52.8 cm³/mol. The molecule has 0 saturated heterocycles. The fraction of sp³-hybridized carbons (Fsp3) is 0.818. The van der Waals surface area contributed by atoms with E-state index < -0.39 is 0 Å². The lowest BCUT2D eigenvalue weighted by molar-refractivity contribution is 0.233. The van der Waals surface area contributed by atoms with Crippen molar-refractivity contribution in [1.29, 1.82) is 0 Å². The first-order chi connectivity index (χ1) is 5.74. The first-order valence-corrected chi connectivity index (χ1v) is 4.91. The summed E-state index contributed by atoms with van der Waals surface area (Å²) in [5, 5.41) is 3.41. The Bertz CT molecular complexity index is 168. The maximum absolute atomic E-state index is 5.21. The second kappa shape index (κ2) is 4.52. The Labute approximate surface area is 75.9 Å². The summed E-state index contributed by atoms with van der Waals surface area (Å²) in [4.78, 5) is 0. The van der Waals surface area contributed by atoms with E-state index in [9.17, 15) is 0 Å². The molecular formula is C11H19N. The number of hydrogen-bond donors (Lipinski definition) is 1. The zero-order chi connectivity index (χ0) is 8.97. The van der Waals surface area contributed by atoms with Crippen molar-refractivity contribution in [3.8, 4) is 12.3 Å². The molecule has 3 unspecified atom stereocenters. The van der Waals surface area contributed by atoms with Crippen LogP contribution >= 0.6 is 0 Å². The molecule has 12 heavy (non-hydrogen) atoms. The van der Waals surface area contributed by atoms with Gasteiger partial charge in [-0.15, -0.1) is 6.42 Å². The van der Waals surface area contributed by atoms with Crippen LogP contribution in [0, 0.1) is 24.2 Å². The molecular weight excluding hydrogens is 146 g/mol. The van der Waals surface area contributed by atoms with Gasteiger partial charge in [-0.05, 0) is 31.1 Å². The summed E-state index contributed by atoms with van der Waals surface area (Å²) < 4.78 is 0. The van der Waals surface area contributed by atoms with Crippen molar-refractivity contribution in [3.05, 3.63) is 0 Å². The van der Waals surface area contributed by atoms with Gasteiger partial charge in [0.25, 0.3) is 0 Å². The molecule has 3 atom stereocenters. The second-order valence-corrected chi connectivity index (χ2v) is 4.09. The molecule has 0 aromatic rings. The average Bonchev–Trinajstić information content (AvgIpc) is 2.03. The number of terminal acetylenes is 1. The molecule has 0 spiro atoms. The minimum Gasteiger partial charge on any atom is -0.303 e. The van der Waals surface area contributed by atoms with Crippen LogP contribution < -0.4 is 5.32 Å². The molecule has 1 rings (SSSR count). The Morgan fingerprint density at radius 1 is 1.42 bits per heavy atom. The molecule has 1 aliphatic carbocycles. The average molecular weight is 165 g/mol. The van der Waals surface area contributed by atoms with Crippen LogP contribution in [-0.2, 0) is 0 Å². The molecule has 0 aromatic carbocycles. The SMILES string of the molecule is C#CCNC1CCC(C)CC1C. The van der Waals surface area contributed by atoms with E-state index in [1.807, 2.05) is 0 Å². The van der Waals surface area contributed by atoms with Crippen molar-refractivity contribution in [1.82, 2.24) is 5.32 Å². The molecule has 1 fully saturated rings. The van der Waals surface area contributed by atoms with Gasteiger partial charge in [0.15, 0.2) is 0 Å². The fourth-order valence-electron chi connectivity index (χ4n) is 2.16. The third-order valence-corrected chi connectivity index (χ3v) is 2.90. The van der Waals surface area contributed by atoms with Crippen LogP contribution in [0.2, 0.25) is 0 Å². The molecule has 1 N–H and O–H groups in total. The van der Waals surface area contributed by atoms with Crippen LogP contribution in [0.3, 0.4) is 0 Å². The highest BCUT2D eigenvalue weighted by Crippen LogP contribution is 2.28. The molecule has 1 nitrogen and oxygen atoms in total. The van der Waals surface area contributed by atoms with E-state index >= 15 is 0 Å². The van der Waals surface area contributed by atoms with Crippen LogP contribution in [0.25, 0.3) is 0 Å². The van der Waals surface area contributed by atoms with Crippen LogP contribution in [0.1, 0.15) is 33.1 Å². The molecule has 0 heterocycles. The second-order valence-electron chi connectivity index (χ2n) is 4.09. The van der Waals surface area contributed by atoms with Crippen LogP contribution in [-0.4, -0.2) is 12.6 Å². The Morgan fingerprint density at radius 3 is 2.75 bits per heavy atom. The zero-order valence-corrected chi connectivity index (χ0v) is 8.14. The molecule has 1 heteroatoms. The third-order valence-electron chi connectivity index (χ3n) is 2.90. The number of rotatable bonds is 2. The highest BCUT2D eigenvalue weighted by Gasteiger charge is 2.24. The van der Waals surface area contributed by atoms with Crippen molar-refractivity contribution in [3.63, 3.8) is 0 Å². The summed E-state index contributed by atoms with van der Waals surface area (Å²) in [6.07, 6.45) is 9.20. The van der Waals surface area contributed by atoms with Crippen molar-refractivity contribution < 1.29 is 0 Å². The zero-order valence-electron chi connectivity index (χ0n) is 8.14. The van der Waals surface area contributed by atoms with Gasteiger partial charge in [-0.1, -0.05) is 19.8 Å². The van der Waals surface area contributed by atoms with Crippen molar-refractivity contribution in [2.24, 2.45) is 11.8 Å². The van der Waals surface area contributed by atoms with Gasteiger partial charge in [0.05, 0.1) is 6.54 Å². The van der Waals surface area contributed by atoms with Gasteiger partial charge in [0.1, 0.15) is 0 Å². The Hall–Kier alpha value is -0.480. The van der Waals surface area contributed by atoms with Gasteiger partial charge in [0.2, 0.25) is 0 Å². The maximum atomic E-state index is 5.21. The summed E-state index contributed by atoms with van der Waals surface area (Å²) in [5.41, 5.74) is 0. The summed E-state index contributed by atoms with van der Waals surface area (Å²) in [6.45, 7) is 5.39. The molecule has 68 valence electrons. The van der Waals surface area contributed by atoms with Gasteiger partial charge >= 0.3 is 0 Å². The topological polar surface area (TPSA) is 12.0 Å². The molecule has 0 aromatic heterocycles. The summed E-state index contributed by atoms with van der Waals surface area (Å²) >= 11 is 0. The maximum Gasteiger partial charge on any atom is 0.0576 e.